The number of hydrogen-bond donors (Lipinski definition) is 2. The first kappa shape index (κ1) is 10.1. The molecule has 0 aliphatic rings. The van der Waals surface area contributed by atoms with Crippen LogP contribution in [0.25, 0.3) is 20.8 Å². The van der Waals surface area contributed by atoms with Gasteiger partial charge in [-0.3, -0.25) is 0 Å². The molecule has 4 heteroatoms. The smallest absolute Gasteiger partial charge is 0.128 e. The molecule has 3 nitrogen and oxygen atoms in total. The Morgan fingerprint density at radius 1 is 1.00 bits per heavy atom. The van der Waals surface area contributed by atoms with Crippen LogP contribution in [0.2, 0.25) is 0 Å². The summed E-state index contributed by atoms with van der Waals surface area (Å²) in [6, 6.07) is 12.2. The van der Waals surface area contributed by atoms with Gasteiger partial charge in [0.1, 0.15) is 16.5 Å². The van der Waals surface area contributed by atoms with Crippen LogP contribution in [0, 0.1) is 0 Å². The van der Waals surface area contributed by atoms with Crippen LogP contribution in [0.3, 0.4) is 0 Å². The summed E-state index contributed by atoms with van der Waals surface area (Å²) in [6.07, 6.45) is 0. The number of aromatic nitrogens is 1. The Kier molecular flexibility index (Phi) is 2.23. The highest BCUT2D eigenvalue weighted by Crippen LogP contribution is 2.35. The minimum Gasteiger partial charge on any atom is -0.508 e. The molecule has 2 aromatic carbocycles. The van der Waals surface area contributed by atoms with Gasteiger partial charge in [-0.1, -0.05) is 12.1 Å². The molecule has 2 N–H and O–H groups in total. The van der Waals surface area contributed by atoms with E-state index in [-0.39, 0.29) is 11.5 Å². The first-order chi connectivity index (χ1) is 8.24. The van der Waals surface area contributed by atoms with Crippen molar-refractivity contribution in [1.82, 2.24) is 4.98 Å². The van der Waals surface area contributed by atoms with Crippen molar-refractivity contribution in [1.29, 1.82) is 0 Å². The maximum absolute atomic E-state index is 9.76. The van der Waals surface area contributed by atoms with E-state index in [1.807, 2.05) is 12.1 Å². The van der Waals surface area contributed by atoms with Crippen molar-refractivity contribution in [3.05, 3.63) is 42.5 Å². The second-order valence-electron chi connectivity index (χ2n) is 3.69. The van der Waals surface area contributed by atoms with Crippen LogP contribution in [0.5, 0.6) is 11.5 Å². The zero-order chi connectivity index (χ0) is 11.8. The van der Waals surface area contributed by atoms with Crippen molar-refractivity contribution >= 4 is 21.6 Å². The highest BCUT2D eigenvalue weighted by atomic mass is 32.1. The third-order valence-corrected chi connectivity index (χ3v) is 3.56. The van der Waals surface area contributed by atoms with Gasteiger partial charge in [-0.05, 0) is 30.3 Å². The Morgan fingerprint density at radius 2 is 1.82 bits per heavy atom. The Labute approximate surface area is 102 Å². The van der Waals surface area contributed by atoms with Crippen LogP contribution in [-0.4, -0.2) is 15.2 Å². The predicted molar refractivity (Wildman–Crippen MR) is 68.4 cm³/mol. The van der Waals surface area contributed by atoms with Crippen LogP contribution >= 0.6 is 11.3 Å². The zero-order valence-electron chi connectivity index (χ0n) is 8.79. The SMILES string of the molecule is Oc1ccc2nc(-c3ccccc3O)sc2c1. The van der Waals surface area contributed by atoms with Gasteiger partial charge in [-0.2, -0.15) is 0 Å². The lowest BCUT2D eigenvalue weighted by atomic mass is 10.2. The summed E-state index contributed by atoms with van der Waals surface area (Å²) >= 11 is 1.45. The molecule has 1 aromatic heterocycles. The van der Waals surface area contributed by atoms with Gasteiger partial charge in [0, 0.05) is 0 Å². The molecule has 0 saturated carbocycles. The van der Waals surface area contributed by atoms with E-state index in [2.05, 4.69) is 4.98 Å². The number of phenolic OH excluding ortho intramolecular Hbond substituents is 2. The average molecular weight is 243 g/mol. The molecular weight excluding hydrogens is 234 g/mol. The van der Waals surface area contributed by atoms with Crippen LogP contribution < -0.4 is 0 Å². The fraction of sp³-hybridized carbons (Fsp3) is 0. The predicted octanol–water partition coefficient (Wildman–Crippen LogP) is 3.37. The fourth-order valence-corrected chi connectivity index (χ4v) is 2.72. The molecular formula is C13H9NO2S. The quantitative estimate of drug-likeness (QED) is 0.689. The second kappa shape index (κ2) is 3.75. The molecule has 0 unspecified atom stereocenters. The summed E-state index contributed by atoms with van der Waals surface area (Å²) in [4.78, 5) is 4.43. The average Bonchev–Trinajstić information content (AvgIpc) is 2.72. The maximum atomic E-state index is 9.76. The van der Waals surface area contributed by atoms with E-state index in [1.165, 1.54) is 11.3 Å². The van der Waals surface area contributed by atoms with E-state index in [4.69, 9.17) is 0 Å². The number of para-hydroxylation sites is 1. The second-order valence-corrected chi connectivity index (χ2v) is 4.72. The molecule has 3 aromatic rings. The Bertz CT molecular complexity index is 691. The molecule has 1 heterocycles. The van der Waals surface area contributed by atoms with Crippen molar-refractivity contribution in [2.45, 2.75) is 0 Å². The summed E-state index contributed by atoms with van der Waals surface area (Å²) in [5, 5.41) is 19.9. The van der Waals surface area contributed by atoms with Gasteiger partial charge >= 0.3 is 0 Å². The van der Waals surface area contributed by atoms with Gasteiger partial charge in [0.2, 0.25) is 0 Å². The van der Waals surface area contributed by atoms with Crippen molar-refractivity contribution in [3.63, 3.8) is 0 Å². The Morgan fingerprint density at radius 3 is 2.65 bits per heavy atom. The van der Waals surface area contributed by atoms with E-state index in [1.54, 1.807) is 30.3 Å². The lowest BCUT2D eigenvalue weighted by molar-refractivity contribution is 0.476. The topological polar surface area (TPSA) is 53.4 Å². The molecule has 0 spiro atoms. The summed E-state index contributed by atoms with van der Waals surface area (Å²) in [5.74, 6) is 0.445. The van der Waals surface area contributed by atoms with Crippen molar-refractivity contribution in [2.75, 3.05) is 0 Å². The van der Waals surface area contributed by atoms with E-state index in [0.717, 1.165) is 15.2 Å². The first-order valence-corrected chi connectivity index (χ1v) is 5.93. The van der Waals surface area contributed by atoms with Gasteiger partial charge in [-0.25, -0.2) is 4.98 Å². The third-order valence-electron chi connectivity index (χ3n) is 2.51. The van der Waals surface area contributed by atoms with Gasteiger partial charge in [0.05, 0.1) is 15.8 Å². The van der Waals surface area contributed by atoms with Gasteiger partial charge < -0.3 is 10.2 Å². The van der Waals surface area contributed by atoms with Gasteiger partial charge in [0.25, 0.3) is 0 Å². The summed E-state index contributed by atoms with van der Waals surface area (Å²) in [5.41, 5.74) is 1.54. The van der Waals surface area contributed by atoms with Crippen molar-refractivity contribution < 1.29 is 10.2 Å². The van der Waals surface area contributed by atoms with E-state index in [9.17, 15) is 10.2 Å². The van der Waals surface area contributed by atoms with Crippen LogP contribution in [0.4, 0.5) is 0 Å². The molecule has 0 saturated heterocycles. The molecule has 3 rings (SSSR count). The first-order valence-electron chi connectivity index (χ1n) is 5.12. The van der Waals surface area contributed by atoms with E-state index >= 15 is 0 Å². The molecule has 0 aliphatic carbocycles. The van der Waals surface area contributed by atoms with Crippen LogP contribution in [-0.2, 0) is 0 Å². The number of fused-ring (bicyclic) bond motifs is 1. The summed E-state index contributed by atoms with van der Waals surface area (Å²) in [7, 11) is 0. The van der Waals surface area contributed by atoms with Crippen LogP contribution in [0.1, 0.15) is 0 Å². The van der Waals surface area contributed by atoms with E-state index < -0.39 is 0 Å². The summed E-state index contributed by atoms with van der Waals surface area (Å²) < 4.78 is 0.906. The number of rotatable bonds is 1. The largest absolute Gasteiger partial charge is 0.508 e. The number of nitrogens with zero attached hydrogens (tertiary/aromatic N) is 1. The van der Waals surface area contributed by atoms with Gasteiger partial charge in [-0.15, -0.1) is 11.3 Å². The number of aromatic hydroxyl groups is 2. The minimum absolute atomic E-state index is 0.218. The summed E-state index contributed by atoms with van der Waals surface area (Å²) in [6.45, 7) is 0. The molecule has 0 fully saturated rings. The number of phenols is 2. The van der Waals surface area contributed by atoms with Crippen LogP contribution in [0.15, 0.2) is 42.5 Å². The molecule has 0 aliphatic heterocycles. The normalized spacial score (nSPS) is 10.8. The number of hydrogen-bond acceptors (Lipinski definition) is 4. The third kappa shape index (κ3) is 1.72. The molecule has 17 heavy (non-hydrogen) atoms. The Balaban J connectivity index is 2.22. The molecule has 0 amide bonds. The van der Waals surface area contributed by atoms with Crippen molar-refractivity contribution in [2.24, 2.45) is 0 Å². The maximum Gasteiger partial charge on any atom is 0.128 e. The number of benzene rings is 2. The zero-order valence-corrected chi connectivity index (χ0v) is 9.61. The lowest BCUT2D eigenvalue weighted by Crippen LogP contribution is -1.76. The molecule has 0 radical (unpaired) electrons. The number of thiazole rings is 1. The lowest BCUT2D eigenvalue weighted by Gasteiger charge is -1.98. The van der Waals surface area contributed by atoms with Crippen molar-refractivity contribution in [3.8, 4) is 22.1 Å². The Hall–Kier alpha value is -2.07. The molecule has 0 atom stereocenters. The standard InChI is InChI=1S/C13H9NO2S/c15-8-5-6-10-12(7-8)17-13(14-10)9-3-1-2-4-11(9)16/h1-7,15-16H. The van der Waals surface area contributed by atoms with E-state index in [0.29, 0.717) is 5.56 Å². The fourth-order valence-electron chi connectivity index (χ4n) is 1.68. The highest BCUT2D eigenvalue weighted by Gasteiger charge is 2.09. The molecule has 84 valence electrons. The monoisotopic (exact) mass is 243 g/mol. The van der Waals surface area contributed by atoms with Gasteiger partial charge in [0.15, 0.2) is 0 Å². The molecule has 0 bridgehead atoms. The minimum atomic E-state index is 0.218. The highest BCUT2D eigenvalue weighted by molar-refractivity contribution is 7.21.